The first-order valence-electron chi connectivity index (χ1n) is 13.7. The normalized spacial score (nSPS) is 13.4. The minimum Gasteiger partial charge on any atom is -0.489 e. The lowest BCUT2D eigenvalue weighted by Gasteiger charge is -2.23. The number of rotatable bonds is 10. The minimum absolute atomic E-state index is 0.0205. The molecule has 0 spiro atoms. The second kappa shape index (κ2) is 12.9. The molecule has 0 fully saturated rings. The number of benzene rings is 4. The number of amides is 2. The van der Waals surface area contributed by atoms with Crippen molar-refractivity contribution >= 4 is 51.7 Å². The quantitative estimate of drug-likeness (QED) is 0.203. The Kier molecular flexibility index (Phi) is 8.91. The van der Waals surface area contributed by atoms with Crippen molar-refractivity contribution in [1.82, 2.24) is 4.90 Å². The molecule has 5 rings (SSSR count). The summed E-state index contributed by atoms with van der Waals surface area (Å²) in [7, 11) is 3.96. The summed E-state index contributed by atoms with van der Waals surface area (Å²) in [6.45, 7) is 3.36. The maximum absolute atomic E-state index is 13.3. The maximum atomic E-state index is 13.3. The first kappa shape index (κ1) is 28.9. The molecule has 8 heteroatoms. The van der Waals surface area contributed by atoms with Crippen LogP contribution in [0.4, 0.5) is 17.1 Å². The van der Waals surface area contributed by atoms with Gasteiger partial charge in [0.2, 0.25) is 5.91 Å². The van der Waals surface area contributed by atoms with Crippen molar-refractivity contribution in [3.63, 3.8) is 0 Å². The highest BCUT2D eigenvalue weighted by Crippen LogP contribution is 2.39. The minimum atomic E-state index is -0.220. The highest BCUT2D eigenvalue weighted by Gasteiger charge is 2.28. The molecule has 0 bridgehead atoms. The Balaban J connectivity index is 1.46. The number of ether oxygens (including phenoxy) is 1. The Labute approximate surface area is 251 Å². The zero-order valence-electron chi connectivity index (χ0n) is 23.9. The molecule has 4 aromatic rings. The van der Waals surface area contributed by atoms with E-state index in [9.17, 15) is 9.59 Å². The van der Waals surface area contributed by atoms with Crippen LogP contribution >= 0.6 is 11.6 Å². The van der Waals surface area contributed by atoms with Gasteiger partial charge in [-0.2, -0.15) is 0 Å². The van der Waals surface area contributed by atoms with E-state index in [-0.39, 0.29) is 11.8 Å². The Morgan fingerprint density at radius 1 is 0.905 bits per heavy atom. The molecule has 0 atom stereocenters. The van der Waals surface area contributed by atoms with Gasteiger partial charge in [-0.05, 0) is 85.9 Å². The van der Waals surface area contributed by atoms with Crippen LogP contribution in [0.15, 0.2) is 97.1 Å². The third-order valence-electron chi connectivity index (χ3n) is 6.97. The van der Waals surface area contributed by atoms with Crippen molar-refractivity contribution in [2.45, 2.75) is 13.5 Å². The van der Waals surface area contributed by atoms with Crippen LogP contribution in [0, 0.1) is 0 Å². The summed E-state index contributed by atoms with van der Waals surface area (Å²) >= 11 is 6.21. The van der Waals surface area contributed by atoms with E-state index in [4.69, 9.17) is 16.3 Å². The summed E-state index contributed by atoms with van der Waals surface area (Å²) in [4.78, 5) is 29.4. The predicted molar refractivity (Wildman–Crippen MR) is 171 cm³/mol. The van der Waals surface area contributed by atoms with Gasteiger partial charge in [-0.15, -0.1) is 0 Å². The van der Waals surface area contributed by atoms with Crippen LogP contribution < -0.4 is 20.3 Å². The number of hydrogen-bond donors (Lipinski definition) is 2. The second-order valence-corrected chi connectivity index (χ2v) is 10.8. The standard InChI is InChI=1S/C34H33ClN4O3/c1-23(40)39(20-19-38(2)3)28-14-12-27(13-15-28)36-33(32-30-18-11-26(35)21-31(30)37-34(32)41)25-9-16-29(17-10-25)42-22-24-7-5-4-6-8-24/h4-18,21,36H,19-20,22H2,1-3H3,(H,37,41). The van der Waals surface area contributed by atoms with Crippen molar-refractivity contribution in [3.8, 4) is 5.75 Å². The number of nitrogens with zero attached hydrogens (tertiary/aromatic N) is 2. The first-order valence-corrected chi connectivity index (χ1v) is 14.1. The van der Waals surface area contributed by atoms with Gasteiger partial charge in [0.15, 0.2) is 0 Å². The molecule has 214 valence electrons. The van der Waals surface area contributed by atoms with E-state index in [1.54, 1.807) is 24.0 Å². The average molecular weight is 581 g/mol. The molecule has 0 saturated carbocycles. The van der Waals surface area contributed by atoms with Crippen molar-refractivity contribution in [1.29, 1.82) is 0 Å². The molecular formula is C34H33ClN4O3. The molecule has 2 amide bonds. The van der Waals surface area contributed by atoms with Crippen molar-refractivity contribution in [2.24, 2.45) is 0 Å². The molecule has 1 aliphatic heterocycles. The van der Waals surface area contributed by atoms with E-state index in [0.717, 1.165) is 40.4 Å². The zero-order chi connectivity index (χ0) is 29.6. The number of fused-ring (bicyclic) bond motifs is 1. The molecule has 4 aromatic carbocycles. The Bertz CT molecular complexity index is 1600. The lowest BCUT2D eigenvalue weighted by Crippen LogP contribution is -2.35. The molecule has 7 nitrogen and oxygen atoms in total. The molecule has 0 aromatic heterocycles. The summed E-state index contributed by atoms with van der Waals surface area (Å²) in [5.41, 5.74) is 6.07. The fraction of sp³-hybridized carbons (Fsp3) is 0.176. The van der Waals surface area contributed by atoms with E-state index in [1.807, 2.05) is 104 Å². The van der Waals surface area contributed by atoms with Crippen LogP contribution in [0.3, 0.4) is 0 Å². The predicted octanol–water partition coefficient (Wildman–Crippen LogP) is 6.77. The number of carbonyl (C=O) groups excluding carboxylic acids is 2. The van der Waals surface area contributed by atoms with Crippen molar-refractivity contribution < 1.29 is 14.3 Å². The summed E-state index contributed by atoms with van der Waals surface area (Å²) in [5.74, 6) is 0.483. The van der Waals surface area contributed by atoms with Gasteiger partial charge in [-0.3, -0.25) is 9.59 Å². The maximum Gasteiger partial charge on any atom is 0.258 e. The van der Waals surface area contributed by atoms with E-state index >= 15 is 0 Å². The summed E-state index contributed by atoms with van der Waals surface area (Å²) < 4.78 is 5.98. The molecule has 1 aliphatic rings. The largest absolute Gasteiger partial charge is 0.489 e. The van der Waals surface area contributed by atoms with Crippen LogP contribution in [0.5, 0.6) is 5.75 Å². The van der Waals surface area contributed by atoms with E-state index in [1.165, 1.54) is 0 Å². The SMILES string of the molecule is CC(=O)N(CCN(C)C)c1ccc(NC(=C2C(=O)Nc3cc(Cl)ccc32)c2ccc(OCc3ccccc3)cc2)cc1. The van der Waals surface area contributed by atoms with Crippen LogP contribution in [0.1, 0.15) is 23.6 Å². The van der Waals surface area contributed by atoms with E-state index in [2.05, 4.69) is 10.6 Å². The molecule has 0 aliphatic carbocycles. The van der Waals surface area contributed by atoms with Gasteiger partial charge >= 0.3 is 0 Å². The zero-order valence-corrected chi connectivity index (χ0v) is 24.6. The van der Waals surface area contributed by atoms with Crippen molar-refractivity contribution in [2.75, 3.05) is 42.7 Å². The summed E-state index contributed by atoms with van der Waals surface area (Å²) in [6, 6.07) is 30.7. The Morgan fingerprint density at radius 2 is 1.62 bits per heavy atom. The number of halogens is 1. The van der Waals surface area contributed by atoms with Crippen LogP contribution in [0.2, 0.25) is 5.02 Å². The number of carbonyl (C=O) groups is 2. The fourth-order valence-corrected chi connectivity index (χ4v) is 4.94. The van der Waals surface area contributed by atoms with Crippen LogP contribution in [0.25, 0.3) is 11.3 Å². The molecule has 0 radical (unpaired) electrons. The van der Waals surface area contributed by atoms with Gasteiger partial charge in [-0.25, -0.2) is 0 Å². The average Bonchev–Trinajstić information content (AvgIpc) is 3.30. The van der Waals surface area contributed by atoms with Gasteiger partial charge in [0, 0.05) is 42.0 Å². The van der Waals surface area contributed by atoms with Gasteiger partial charge in [-0.1, -0.05) is 48.0 Å². The first-order chi connectivity index (χ1) is 20.3. The lowest BCUT2D eigenvalue weighted by molar-refractivity contribution is -0.116. The second-order valence-electron chi connectivity index (χ2n) is 10.3. The van der Waals surface area contributed by atoms with Gasteiger partial charge < -0.3 is 25.2 Å². The topological polar surface area (TPSA) is 73.9 Å². The van der Waals surface area contributed by atoms with Gasteiger partial charge in [0.1, 0.15) is 12.4 Å². The fourth-order valence-electron chi connectivity index (χ4n) is 4.77. The van der Waals surface area contributed by atoms with Crippen LogP contribution in [-0.2, 0) is 16.2 Å². The Hall–Kier alpha value is -4.59. The molecule has 0 unspecified atom stereocenters. The Morgan fingerprint density at radius 3 is 2.29 bits per heavy atom. The number of hydrogen-bond acceptors (Lipinski definition) is 5. The summed E-state index contributed by atoms with van der Waals surface area (Å²) in [5, 5.41) is 6.97. The number of nitrogens with one attached hydrogen (secondary N) is 2. The van der Waals surface area contributed by atoms with Crippen molar-refractivity contribution in [3.05, 3.63) is 119 Å². The third-order valence-corrected chi connectivity index (χ3v) is 7.20. The smallest absolute Gasteiger partial charge is 0.258 e. The molecule has 2 N–H and O–H groups in total. The molecule has 0 saturated heterocycles. The lowest BCUT2D eigenvalue weighted by atomic mass is 10.00. The number of anilines is 3. The van der Waals surface area contributed by atoms with Gasteiger partial charge in [0.25, 0.3) is 5.91 Å². The summed E-state index contributed by atoms with van der Waals surface area (Å²) in [6.07, 6.45) is 0. The highest BCUT2D eigenvalue weighted by atomic mass is 35.5. The molecular weight excluding hydrogens is 548 g/mol. The van der Waals surface area contributed by atoms with E-state index < -0.39 is 0 Å². The van der Waals surface area contributed by atoms with Crippen LogP contribution in [-0.4, -0.2) is 43.9 Å². The third kappa shape index (κ3) is 6.82. The number of likely N-dealkylation sites (N-methyl/N-ethyl adjacent to an activating group) is 1. The highest BCUT2D eigenvalue weighted by molar-refractivity contribution is 6.38. The van der Waals surface area contributed by atoms with E-state index in [0.29, 0.717) is 35.1 Å². The van der Waals surface area contributed by atoms with Gasteiger partial charge in [0.05, 0.1) is 17.0 Å². The molecule has 1 heterocycles. The monoisotopic (exact) mass is 580 g/mol. The molecule has 42 heavy (non-hydrogen) atoms.